The van der Waals surface area contributed by atoms with E-state index in [9.17, 15) is 9.59 Å². The Morgan fingerprint density at radius 2 is 1.73 bits per heavy atom. The van der Waals surface area contributed by atoms with Crippen LogP contribution in [0.1, 0.15) is 94.2 Å². The number of aromatic nitrogens is 3. The second kappa shape index (κ2) is 20.7. The van der Waals surface area contributed by atoms with Gasteiger partial charge in [-0.1, -0.05) is 69.4 Å². The number of pyridine rings is 2. The van der Waals surface area contributed by atoms with Crippen molar-refractivity contribution < 1.29 is 15.8 Å². The molecule has 0 N–H and O–H groups in total. The van der Waals surface area contributed by atoms with Crippen LogP contribution in [0.2, 0.25) is 0 Å². The SMILES string of the molecule is C=C=C(C)C(CCC(=O)C=C)N1C(=O)c2cc(OCCCCCC3CCN(CC4CC=CC4)CC3)ccc2C1=C=C.Cc1ccc(-c2ccc3c4cnccc4n(C)c3c2)cn1.[HH]. The lowest BCUT2D eigenvalue weighted by molar-refractivity contribution is -0.114. The summed E-state index contributed by atoms with van der Waals surface area (Å²) >= 11 is 0. The molecule has 62 heavy (non-hydrogen) atoms. The molecule has 0 spiro atoms. The molecular weight excluding hydrogens is 767 g/mol. The summed E-state index contributed by atoms with van der Waals surface area (Å²) < 4.78 is 8.28. The Morgan fingerprint density at radius 1 is 0.935 bits per heavy atom. The van der Waals surface area contributed by atoms with Gasteiger partial charge in [0.05, 0.1) is 29.4 Å². The Kier molecular flexibility index (Phi) is 14.7. The molecule has 322 valence electrons. The van der Waals surface area contributed by atoms with Gasteiger partial charge in [-0.25, -0.2) is 0 Å². The Morgan fingerprint density at radius 3 is 2.45 bits per heavy atom. The maximum Gasteiger partial charge on any atom is 0.260 e. The molecule has 1 unspecified atom stereocenters. The highest BCUT2D eigenvalue weighted by molar-refractivity contribution is 6.10. The minimum absolute atomic E-state index is 0. The van der Waals surface area contributed by atoms with Gasteiger partial charge in [0.1, 0.15) is 5.75 Å². The quantitative estimate of drug-likeness (QED) is 0.0426. The van der Waals surface area contributed by atoms with E-state index in [0.717, 1.165) is 47.1 Å². The lowest BCUT2D eigenvalue weighted by Gasteiger charge is -2.33. The molecule has 8 heteroatoms. The number of hydrogen-bond donors (Lipinski definition) is 0. The second-order valence-corrected chi connectivity index (χ2v) is 17.1. The number of nitrogens with zero attached hydrogens (tertiary/aromatic N) is 5. The molecule has 1 atom stereocenters. The Hall–Kier alpha value is -6.04. The number of likely N-dealkylation sites (tertiary alicyclic amines) is 1. The number of carbonyl (C=O) groups excluding carboxylic acids is 2. The molecule has 5 heterocycles. The van der Waals surface area contributed by atoms with Crippen molar-refractivity contribution in [3.05, 3.63) is 145 Å². The van der Waals surface area contributed by atoms with Crippen LogP contribution in [0.15, 0.2) is 128 Å². The number of hydrogen-bond acceptors (Lipinski definition) is 6. The predicted octanol–water partition coefficient (Wildman–Crippen LogP) is 11.9. The summed E-state index contributed by atoms with van der Waals surface area (Å²) in [6, 6.07) is 18.1. The van der Waals surface area contributed by atoms with Crippen LogP contribution < -0.4 is 4.74 Å². The molecule has 1 aliphatic carbocycles. The van der Waals surface area contributed by atoms with Gasteiger partial charge in [-0.3, -0.25) is 24.5 Å². The number of benzene rings is 2. The number of unbranched alkanes of at least 4 members (excludes halogenated alkanes) is 2. The lowest BCUT2D eigenvalue weighted by Crippen LogP contribution is -2.36. The van der Waals surface area contributed by atoms with Gasteiger partial charge in [0.25, 0.3) is 5.91 Å². The van der Waals surface area contributed by atoms with E-state index >= 15 is 0 Å². The molecule has 0 saturated carbocycles. The highest BCUT2D eigenvalue weighted by Gasteiger charge is 2.38. The first kappa shape index (κ1) is 44.0. The fraction of sp³-hybridized carbons (Fsp3) is 0.370. The minimum atomic E-state index is -0.359. The van der Waals surface area contributed by atoms with Crippen LogP contribution in [0.4, 0.5) is 0 Å². The number of piperidine rings is 1. The predicted molar refractivity (Wildman–Crippen MR) is 255 cm³/mol. The van der Waals surface area contributed by atoms with Gasteiger partial charge < -0.3 is 14.2 Å². The van der Waals surface area contributed by atoms with Crippen LogP contribution in [0.3, 0.4) is 0 Å². The summed E-state index contributed by atoms with van der Waals surface area (Å²) in [5, 5.41) is 2.44. The highest BCUT2D eigenvalue weighted by atomic mass is 16.5. The zero-order valence-corrected chi connectivity index (χ0v) is 36.9. The Balaban J connectivity index is 0.000000250. The third-order valence-electron chi connectivity index (χ3n) is 13.0. The van der Waals surface area contributed by atoms with Crippen LogP contribution in [-0.2, 0) is 11.8 Å². The van der Waals surface area contributed by atoms with Crippen molar-refractivity contribution in [3.63, 3.8) is 0 Å². The van der Waals surface area contributed by atoms with E-state index in [1.54, 1.807) is 4.90 Å². The van der Waals surface area contributed by atoms with Crippen LogP contribution in [-0.4, -0.2) is 68.3 Å². The van der Waals surface area contributed by atoms with E-state index in [0.29, 0.717) is 30.0 Å². The number of fused-ring (bicyclic) bond motifs is 4. The number of carbonyl (C=O) groups is 2. The summed E-state index contributed by atoms with van der Waals surface area (Å²) in [5.41, 5.74) is 14.4. The third-order valence-corrected chi connectivity index (χ3v) is 13.0. The average Bonchev–Trinajstić information content (AvgIpc) is 4.00. The van der Waals surface area contributed by atoms with Crippen molar-refractivity contribution in [3.8, 4) is 16.9 Å². The number of ether oxygens (including phenoxy) is 1. The highest BCUT2D eigenvalue weighted by Crippen LogP contribution is 2.38. The van der Waals surface area contributed by atoms with Gasteiger partial charge in [0, 0.05) is 73.1 Å². The fourth-order valence-electron chi connectivity index (χ4n) is 9.29. The number of rotatable bonds is 16. The third kappa shape index (κ3) is 10.2. The van der Waals surface area contributed by atoms with E-state index < -0.39 is 0 Å². The van der Waals surface area contributed by atoms with Crippen LogP contribution >= 0.6 is 0 Å². The largest absolute Gasteiger partial charge is 0.494 e. The monoisotopic (exact) mass is 829 g/mol. The molecule has 1 amide bonds. The van der Waals surface area contributed by atoms with E-state index in [1.807, 2.05) is 56.7 Å². The summed E-state index contributed by atoms with van der Waals surface area (Å²) in [4.78, 5) is 38.5. The molecule has 2 aromatic carbocycles. The summed E-state index contributed by atoms with van der Waals surface area (Å²) in [6.07, 6.45) is 22.4. The van der Waals surface area contributed by atoms with Crippen molar-refractivity contribution in [2.45, 2.75) is 84.1 Å². The molecule has 2 aliphatic heterocycles. The fourth-order valence-corrected chi connectivity index (χ4v) is 9.29. The van der Waals surface area contributed by atoms with Crippen LogP contribution in [0.25, 0.3) is 38.6 Å². The molecule has 0 bridgehead atoms. The number of amides is 1. The van der Waals surface area contributed by atoms with Crippen molar-refractivity contribution >= 4 is 39.2 Å². The number of ketones is 1. The molecule has 8 nitrogen and oxygen atoms in total. The van der Waals surface area contributed by atoms with Gasteiger partial charge in [0.2, 0.25) is 0 Å². The van der Waals surface area contributed by atoms with Gasteiger partial charge in [0.15, 0.2) is 5.78 Å². The maximum absolute atomic E-state index is 13.6. The van der Waals surface area contributed by atoms with Crippen molar-refractivity contribution in [1.29, 1.82) is 0 Å². The lowest BCUT2D eigenvalue weighted by atomic mass is 9.90. The van der Waals surface area contributed by atoms with E-state index in [2.05, 4.69) is 100 Å². The van der Waals surface area contributed by atoms with Gasteiger partial charge in [-0.05, 0) is 131 Å². The molecular formula is C54H63N5O3. The first-order chi connectivity index (χ1) is 30.2. The molecule has 3 aliphatic rings. The van der Waals surface area contributed by atoms with Crippen molar-refractivity contribution in [1.82, 2.24) is 24.3 Å². The molecule has 5 aromatic rings. The van der Waals surface area contributed by atoms with Gasteiger partial charge in [-0.15, -0.1) is 11.5 Å². The average molecular weight is 830 g/mol. The summed E-state index contributed by atoms with van der Waals surface area (Å²) in [6.45, 7) is 19.5. The van der Waals surface area contributed by atoms with Crippen molar-refractivity contribution in [2.75, 3.05) is 26.2 Å². The molecule has 0 radical (unpaired) electrons. The normalized spacial score (nSPS) is 15.9. The van der Waals surface area contributed by atoms with Gasteiger partial charge in [-0.2, -0.15) is 0 Å². The van der Waals surface area contributed by atoms with Gasteiger partial charge >= 0.3 is 0 Å². The summed E-state index contributed by atoms with van der Waals surface area (Å²) in [7, 11) is 2.10. The first-order valence-corrected chi connectivity index (χ1v) is 22.3. The topological polar surface area (TPSA) is 80.6 Å². The van der Waals surface area contributed by atoms with E-state index in [1.165, 1.54) is 91.6 Å². The van der Waals surface area contributed by atoms with Crippen LogP contribution in [0, 0.1) is 18.8 Å². The molecule has 3 aromatic heterocycles. The number of allylic oxidation sites excluding steroid dienone is 3. The number of aryl methyl sites for hydroxylation is 2. The standard InChI is InChI=1S/C36H46N2O3.C18H15N3.H2/c1-5-27(4)35(19-16-30(39)6-2)38-34(7-3)32-18-17-31(25-33(32)36(38)40)41-24-12-8-9-13-28-20-22-37(23-21-28)26-29-14-10-11-15-29;1-12-3-4-14(10-20-12)13-5-6-15-16-11-19-8-7-17(16)21(2)18(15)9-13;/h6,10-11,17-18,25,28-29,35H,1-3,8-9,12-16,19-24,26H2,4H3;3-11H,1-2H3;1H. The zero-order valence-electron chi connectivity index (χ0n) is 36.9. The molecule has 8 rings (SSSR count). The second-order valence-electron chi connectivity index (χ2n) is 17.1. The minimum Gasteiger partial charge on any atom is -0.494 e. The van der Waals surface area contributed by atoms with Crippen LogP contribution in [0.5, 0.6) is 5.75 Å². The maximum atomic E-state index is 13.6. The molecule has 1 fully saturated rings. The van der Waals surface area contributed by atoms with E-state index in [-0.39, 0.29) is 25.6 Å². The smallest absolute Gasteiger partial charge is 0.260 e. The Bertz CT molecular complexity index is 2540. The Labute approximate surface area is 369 Å². The molecule has 1 saturated heterocycles. The zero-order chi connectivity index (χ0) is 43.6. The van der Waals surface area contributed by atoms with E-state index in [4.69, 9.17) is 4.74 Å². The first-order valence-electron chi connectivity index (χ1n) is 22.3. The van der Waals surface area contributed by atoms with Crippen molar-refractivity contribution in [2.24, 2.45) is 18.9 Å². The summed E-state index contributed by atoms with van der Waals surface area (Å²) in [5.74, 6) is 2.21.